The van der Waals surface area contributed by atoms with Crippen molar-refractivity contribution in [1.29, 1.82) is 0 Å². The largest absolute Gasteiger partial charge is 0.380 e. The molecule has 1 aromatic rings. The topological polar surface area (TPSA) is 21.3 Å². The van der Waals surface area contributed by atoms with Gasteiger partial charge in [0.05, 0.1) is 6.10 Å². The van der Waals surface area contributed by atoms with Crippen LogP contribution in [0.5, 0.6) is 0 Å². The lowest BCUT2D eigenvalue weighted by Gasteiger charge is -2.34. The lowest BCUT2D eigenvalue weighted by atomic mass is 9.88. The molecule has 0 aliphatic heterocycles. The van der Waals surface area contributed by atoms with E-state index in [1.165, 1.54) is 30.6 Å². The Kier molecular flexibility index (Phi) is 4.82. The molecule has 2 nitrogen and oxygen atoms in total. The van der Waals surface area contributed by atoms with Crippen molar-refractivity contribution in [3.63, 3.8) is 0 Å². The van der Waals surface area contributed by atoms with Crippen molar-refractivity contribution in [3.8, 4) is 0 Å². The standard InChI is InChI=1S/C15H25NOS/c1-15(2,14-9-6-10-18-14)11-16-12-7-4-5-8-13(12)17-3/h6,9-10,12-13,16H,4-5,7-8,11H2,1-3H3. The molecule has 18 heavy (non-hydrogen) atoms. The van der Waals surface area contributed by atoms with Gasteiger partial charge in [-0.15, -0.1) is 11.3 Å². The molecule has 1 aromatic heterocycles. The third-order valence-electron chi connectivity index (χ3n) is 4.00. The predicted octanol–water partition coefficient (Wildman–Crippen LogP) is 3.57. The minimum absolute atomic E-state index is 0.212. The molecule has 0 spiro atoms. The van der Waals surface area contributed by atoms with Gasteiger partial charge in [0.2, 0.25) is 0 Å². The molecule has 1 aliphatic rings. The molecule has 1 heterocycles. The van der Waals surface area contributed by atoms with Crippen molar-refractivity contribution in [3.05, 3.63) is 22.4 Å². The molecule has 0 saturated heterocycles. The molecule has 0 bridgehead atoms. The zero-order chi connectivity index (χ0) is 13.0. The highest BCUT2D eigenvalue weighted by molar-refractivity contribution is 7.10. The molecular formula is C15H25NOS. The van der Waals surface area contributed by atoms with Crippen LogP contribution < -0.4 is 5.32 Å². The van der Waals surface area contributed by atoms with Crippen molar-refractivity contribution in [1.82, 2.24) is 5.32 Å². The molecule has 2 unspecified atom stereocenters. The summed E-state index contributed by atoms with van der Waals surface area (Å²) in [7, 11) is 1.84. The van der Waals surface area contributed by atoms with E-state index in [1.807, 2.05) is 18.4 Å². The third-order valence-corrected chi connectivity index (χ3v) is 5.24. The average molecular weight is 267 g/mol. The Bertz CT molecular complexity index is 347. The fourth-order valence-electron chi connectivity index (χ4n) is 2.75. The number of rotatable bonds is 5. The molecule has 2 rings (SSSR count). The summed E-state index contributed by atoms with van der Waals surface area (Å²) in [5.41, 5.74) is 0.212. The van der Waals surface area contributed by atoms with Gasteiger partial charge in [0.1, 0.15) is 0 Å². The number of hydrogen-bond acceptors (Lipinski definition) is 3. The normalized spacial score (nSPS) is 25.3. The number of nitrogens with one attached hydrogen (secondary N) is 1. The maximum atomic E-state index is 5.60. The first kappa shape index (κ1) is 14.0. The van der Waals surface area contributed by atoms with Crippen LogP contribution in [0.25, 0.3) is 0 Å². The Labute approximate surface area is 115 Å². The Balaban J connectivity index is 1.90. The van der Waals surface area contributed by atoms with Crippen molar-refractivity contribution in [2.45, 2.75) is 57.1 Å². The van der Waals surface area contributed by atoms with E-state index in [2.05, 4.69) is 36.7 Å². The van der Waals surface area contributed by atoms with Crippen LogP contribution in [0, 0.1) is 0 Å². The number of methoxy groups -OCH3 is 1. The van der Waals surface area contributed by atoms with E-state index in [0.29, 0.717) is 12.1 Å². The van der Waals surface area contributed by atoms with Crippen molar-refractivity contribution >= 4 is 11.3 Å². The van der Waals surface area contributed by atoms with Gasteiger partial charge in [-0.2, -0.15) is 0 Å². The summed E-state index contributed by atoms with van der Waals surface area (Å²) in [6.45, 7) is 5.66. The first-order valence-electron chi connectivity index (χ1n) is 6.93. The van der Waals surface area contributed by atoms with E-state index in [0.717, 1.165) is 6.54 Å². The van der Waals surface area contributed by atoms with Gasteiger partial charge in [-0.1, -0.05) is 32.8 Å². The van der Waals surface area contributed by atoms with Crippen LogP contribution in [0.1, 0.15) is 44.4 Å². The summed E-state index contributed by atoms with van der Waals surface area (Å²) in [6, 6.07) is 4.91. The molecule has 0 radical (unpaired) electrons. The zero-order valence-corrected chi connectivity index (χ0v) is 12.6. The summed E-state index contributed by atoms with van der Waals surface area (Å²) < 4.78 is 5.60. The molecule has 2 atom stereocenters. The zero-order valence-electron chi connectivity index (χ0n) is 11.7. The van der Waals surface area contributed by atoms with E-state index in [4.69, 9.17) is 4.74 Å². The van der Waals surface area contributed by atoms with Gasteiger partial charge >= 0.3 is 0 Å². The van der Waals surface area contributed by atoms with Gasteiger partial charge in [-0.05, 0) is 24.3 Å². The molecule has 0 aromatic carbocycles. The summed E-state index contributed by atoms with van der Waals surface area (Å²) in [5.74, 6) is 0. The van der Waals surface area contributed by atoms with Gasteiger partial charge < -0.3 is 10.1 Å². The van der Waals surface area contributed by atoms with Crippen LogP contribution in [0.15, 0.2) is 17.5 Å². The van der Waals surface area contributed by atoms with Crippen LogP contribution in [0.3, 0.4) is 0 Å². The quantitative estimate of drug-likeness (QED) is 0.880. The van der Waals surface area contributed by atoms with Crippen LogP contribution in [-0.4, -0.2) is 25.8 Å². The van der Waals surface area contributed by atoms with Gasteiger partial charge in [0.25, 0.3) is 0 Å². The highest BCUT2D eigenvalue weighted by atomic mass is 32.1. The Morgan fingerprint density at radius 1 is 1.39 bits per heavy atom. The van der Waals surface area contributed by atoms with E-state index in [-0.39, 0.29) is 5.41 Å². The molecule has 102 valence electrons. The summed E-state index contributed by atoms with van der Waals surface area (Å²) in [5, 5.41) is 5.90. The van der Waals surface area contributed by atoms with Crippen LogP contribution in [0.4, 0.5) is 0 Å². The van der Waals surface area contributed by atoms with Crippen LogP contribution >= 0.6 is 11.3 Å². The number of hydrogen-bond donors (Lipinski definition) is 1. The first-order chi connectivity index (χ1) is 8.63. The summed E-state index contributed by atoms with van der Waals surface area (Å²) >= 11 is 1.85. The van der Waals surface area contributed by atoms with E-state index in [9.17, 15) is 0 Å². The van der Waals surface area contributed by atoms with E-state index < -0.39 is 0 Å². The fourth-order valence-corrected chi connectivity index (χ4v) is 3.60. The van der Waals surface area contributed by atoms with Gasteiger partial charge in [0.15, 0.2) is 0 Å². The third kappa shape index (κ3) is 3.34. The second kappa shape index (κ2) is 6.18. The SMILES string of the molecule is COC1CCCCC1NCC(C)(C)c1cccs1. The molecule has 1 fully saturated rings. The lowest BCUT2D eigenvalue weighted by Crippen LogP contribution is -2.47. The molecule has 1 aliphatic carbocycles. The number of thiophene rings is 1. The lowest BCUT2D eigenvalue weighted by molar-refractivity contribution is 0.0404. The molecular weight excluding hydrogens is 242 g/mol. The maximum absolute atomic E-state index is 5.60. The van der Waals surface area contributed by atoms with Gasteiger partial charge in [-0.3, -0.25) is 0 Å². The minimum Gasteiger partial charge on any atom is -0.380 e. The molecule has 3 heteroatoms. The Hall–Kier alpha value is -0.380. The first-order valence-corrected chi connectivity index (χ1v) is 7.81. The average Bonchev–Trinajstić information content (AvgIpc) is 2.91. The molecule has 1 saturated carbocycles. The van der Waals surface area contributed by atoms with Crippen LogP contribution in [0.2, 0.25) is 0 Å². The Morgan fingerprint density at radius 2 is 2.17 bits per heavy atom. The molecule has 1 N–H and O–H groups in total. The smallest absolute Gasteiger partial charge is 0.0724 e. The van der Waals surface area contributed by atoms with E-state index >= 15 is 0 Å². The Morgan fingerprint density at radius 3 is 2.83 bits per heavy atom. The maximum Gasteiger partial charge on any atom is 0.0724 e. The highest BCUT2D eigenvalue weighted by Crippen LogP contribution is 2.28. The number of ether oxygens (including phenoxy) is 1. The van der Waals surface area contributed by atoms with Crippen molar-refractivity contribution < 1.29 is 4.74 Å². The van der Waals surface area contributed by atoms with Crippen molar-refractivity contribution in [2.75, 3.05) is 13.7 Å². The van der Waals surface area contributed by atoms with Gasteiger partial charge in [0, 0.05) is 30.0 Å². The van der Waals surface area contributed by atoms with Gasteiger partial charge in [-0.25, -0.2) is 0 Å². The van der Waals surface area contributed by atoms with E-state index in [1.54, 1.807) is 0 Å². The summed E-state index contributed by atoms with van der Waals surface area (Å²) in [4.78, 5) is 1.46. The highest BCUT2D eigenvalue weighted by Gasteiger charge is 2.28. The predicted molar refractivity (Wildman–Crippen MR) is 78.4 cm³/mol. The monoisotopic (exact) mass is 267 g/mol. The second-order valence-corrected chi connectivity index (χ2v) is 6.85. The fraction of sp³-hybridized carbons (Fsp3) is 0.733. The summed E-state index contributed by atoms with van der Waals surface area (Å²) in [6.07, 6.45) is 5.49. The van der Waals surface area contributed by atoms with Crippen LogP contribution in [-0.2, 0) is 10.2 Å². The molecule has 0 amide bonds. The second-order valence-electron chi connectivity index (χ2n) is 5.91. The van der Waals surface area contributed by atoms with Crippen molar-refractivity contribution in [2.24, 2.45) is 0 Å². The minimum atomic E-state index is 0.212.